The molecule has 2 aromatic rings. The summed E-state index contributed by atoms with van der Waals surface area (Å²) < 4.78 is 22.6. The number of rotatable bonds is 5. The fourth-order valence-corrected chi connectivity index (χ4v) is 3.81. The number of nitrogens with zero attached hydrogens (tertiary/aromatic N) is 2. The van der Waals surface area contributed by atoms with E-state index in [1.165, 1.54) is 23.4 Å². The van der Waals surface area contributed by atoms with E-state index in [1.54, 1.807) is 12.1 Å². The Balaban J connectivity index is 1.50. The summed E-state index contributed by atoms with van der Waals surface area (Å²) in [6, 6.07) is 14.8. The molecule has 2 N–H and O–H groups in total. The lowest BCUT2D eigenvalue weighted by molar-refractivity contribution is -0.131. The Morgan fingerprint density at radius 1 is 1.04 bits per heavy atom. The van der Waals surface area contributed by atoms with Gasteiger partial charge in [-0.2, -0.15) is 0 Å². The minimum Gasteiger partial charge on any atom is -0.368 e. The molecular weight excluding hydrogens is 362 g/mol. The molecule has 1 saturated heterocycles. The summed E-state index contributed by atoms with van der Waals surface area (Å²) in [5.74, 6) is 0.134. The maximum absolute atomic E-state index is 12.5. The van der Waals surface area contributed by atoms with Gasteiger partial charge < -0.3 is 9.80 Å². The molecule has 2 aromatic carbocycles. The number of primary sulfonamides is 1. The lowest BCUT2D eigenvalue weighted by atomic mass is 10.1. The monoisotopic (exact) mass is 387 g/mol. The largest absolute Gasteiger partial charge is 0.368 e. The number of benzene rings is 2. The van der Waals surface area contributed by atoms with Crippen LogP contribution in [0.3, 0.4) is 0 Å². The van der Waals surface area contributed by atoms with Gasteiger partial charge in [0.1, 0.15) is 0 Å². The number of carbonyl (C=O) groups is 1. The van der Waals surface area contributed by atoms with Crippen LogP contribution in [0.1, 0.15) is 17.5 Å². The second kappa shape index (κ2) is 8.10. The Bertz CT molecular complexity index is 902. The van der Waals surface area contributed by atoms with E-state index in [1.807, 2.05) is 4.90 Å². The highest BCUT2D eigenvalue weighted by molar-refractivity contribution is 7.89. The predicted octanol–water partition coefficient (Wildman–Crippen LogP) is 1.92. The number of sulfonamides is 1. The summed E-state index contributed by atoms with van der Waals surface area (Å²) in [7, 11) is -3.68. The van der Waals surface area contributed by atoms with Crippen molar-refractivity contribution >= 4 is 21.6 Å². The molecule has 1 heterocycles. The van der Waals surface area contributed by atoms with E-state index in [-0.39, 0.29) is 10.8 Å². The summed E-state index contributed by atoms with van der Waals surface area (Å²) in [6.07, 6.45) is 1.00. The van der Waals surface area contributed by atoms with Crippen LogP contribution in [-0.2, 0) is 21.2 Å². The Labute approximate surface area is 160 Å². The molecule has 0 aliphatic carbocycles. The molecule has 0 atom stereocenters. The van der Waals surface area contributed by atoms with Gasteiger partial charge in [0, 0.05) is 38.3 Å². The van der Waals surface area contributed by atoms with Crippen LogP contribution in [0.4, 0.5) is 5.69 Å². The van der Waals surface area contributed by atoms with Crippen molar-refractivity contribution in [1.82, 2.24) is 4.90 Å². The van der Waals surface area contributed by atoms with E-state index in [2.05, 4.69) is 36.1 Å². The Morgan fingerprint density at radius 2 is 1.70 bits per heavy atom. The van der Waals surface area contributed by atoms with Crippen molar-refractivity contribution in [3.8, 4) is 0 Å². The van der Waals surface area contributed by atoms with Crippen molar-refractivity contribution in [3.63, 3.8) is 0 Å². The molecule has 0 radical (unpaired) electrons. The molecule has 0 bridgehead atoms. The Kier molecular flexibility index (Phi) is 5.82. The third kappa shape index (κ3) is 5.08. The van der Waals surface area contributed by atoms with Gasteiger partial charge in [0.05, 0.1) is 4.90 Å². The van der Waals surface area contributed by atoms with Crippen LogP contribution in [0.5, 0.6) is 0 Å². The van der Waals surface area contributed by atoms with Gasteiger partial charge >= 0.3 is 0 Å². The zero-order valence-electron chi connectivity index (χ0n) is 15.5. The van der Waals surface area contributed by atoms with E-state index in [0.717, 1.165) is 31.7 Å². The van der Waals surface area contributed by atoms with Crippen LogP contribution in [-0.4, -0.2) is 45.4 Å². The lowest BCUT2D eigenvalue weighted by Crippen LogP contribution is -2.48. The van der Waals surface area contributed by atoms with Crippen LogP contribution in [0.2, 0.25) is 0 Å². The summed E-state index contributed by atoms with van der Waals surface area (Å²) in [5.41, 5.74) is 3.37. The average molecular weight is 388 g/mol. The number of hydrogen-bond donors (Lipinski definition) is 1. The van der Waals surface area contributed by atoms with Crippen LogP contribution < -0.4 is 10.0 Å². The zero-order valence-corrected chi connectivity index (χ0v) is 16.3. The van der Waals surface area contributed by atoms with E-state index in [9.17, 15) is 13.2 Å². The lowest BCUT2D eigenvalue weighted by Gasteiger charge is -2.36. The van der Waals surface area contributed by atoms with E-state index in [4.69, 9.17) is 5.14 Å². The van der Waals surface area contributed by atoms with Gasteiger partial charge in [0.25, 0.3) is 0 Å². The number of aryl methyl sites for hydroxylation is 2. The summed E-state index contributed by atoms with van der Waals surface area (Å²) in [6.45, 7) is 5.18. The quantitative estimate of drug-likeness (QED) is 0.850. The van der Waals surface area contributed by atoms with Crippen LogP contribution in [0, 0.1) is 6.92 Å². The number of amides is 1. The number of nitrogens with two attached hydrogens (primary N) is 1. The third-order valence-electron chi connectivity index (χ3n) is 4.88. The van der Waals surface area contributed by atoms with Crippen molar-refractivity contribution in [2.75, 3.05) is 31.1 Å². The molecule has 27 heavy (non-hydrogen) atoms. The molecule has 1 amide bonds. The first kappa shape index (κ1) is 19.4. The second-order valence-electron chi connectivity index (χ2n) is 6.90. The Hall–Kier alpha value is -2.38. The average Bonchev–Trinajstić information content (AvgIpc) is 2.66. The second-order valence-corrected chi connectivity index (χ2v) is 8.46. The highest BCUT2D eigenvalue weighted by atomic mass is 32.2. The summed E-state index contributed by atoms with van der Waals surface area (Å²) >= 11 is 0. The normalized spacial score (nSPS) is 15.0. The summed E-state index contributed by atoms with van der Waals surface area (Å²) in [4.78, 5) is 16.8. The number of anilines is 1. The zero-order chi connectivity index (χ0) is 19.4. The van der Waals surface area contributed by atoms with E-state index in [0.29, 0.717) is 12.8 Å². The summed E-state index contributed by atoms with van der Waals surface area (Å²) in [5, 5.41) is 5.10. The highest BCUT2D eigenvalue weighted by Gasteiger charge is 2.21. The van der Waals surface area contributed by atoms with Crippen LogP contribution >= 0.6 is 0 Å². The van der Waals surface area contributed by atoms with Crippen molar-refractivity contribution < 1.29 is 13.2 Å². The number of hydrogen-bond acceptors (Lipinski definition) is 4. The molecule has 1 fully saturated rings. The first-order valence-electron chi connectivity index (χ1n) is 9.04. The molecular formula is C20H25N3O3S. The Morgan fingerprint density at radius 3 is 2.30 bits per heavy atom. The number of carbonyl (C=O) groups excluding carboxylic acids is 1. The standard InChI is InChI=1S/C20H25N3O3S/c1-16-3-2-4-18(15-16)22-11-13-23(14-12-22)20(24)10-7-17-5-8-19(9-6-17)27(21,25)26/h2-6,8-9,15H,7,10-14H2,1H3,(H2,21,25,26). The van der Waals surface area contributed by atoms with E-state index >= 15 is 0 Å². The van der Waals surface area contributed by atoms with Crippen molar-refractivity contribution in [1.29, 1.82) is 0 Å². The first-order chi connectivity index (χ1) is 12.8. The highest BCUT2D eigenvalue weighted by Crippen LogP contribution is 2.18. The SMILES string of the molecule is Cc1cccc(N2CCN(C(=O)CCc3ccc(S(N)(=O)=O)cc3)CC2)c1. The first-order valence-corrected chi connectivity index (χ1v) is 10.6. The van der Waals surface area contributed by atoms with Crippen LogP contribution in [0.25, 0.3) is 0 Å². The molecule has 0 spiro atoms. The predicted molar refractivity (Wildman–Crippen MR) is 106 cm³/mol. The van der Waals surface area contributed by atoms with Gasteiger partial charge in [0.15, 0.2) is 0 Å². The van der Waals surface area contributed by atoms with Gasteiger partial charge in [0.2, 0.25) is 15.9 Å². The van der Waals surface area contributed by atoms with Crippen LogP contribution in [0.15, 0.2) is 53.4 Å². The maximum Gasteiger partial charge on any atom is 0.238 e. The fraction of sp³-hybridized carbons (Fsp3) is 0.350. The van der Waals surface area contributed by atoms with E-state index < -0.39 is 10.0 Å². The molecule has 0 saturated carbocycles. The molecule has 7 heteroatoms. The molecule has 0 unspecified atom stereocenters. The molecule has 1 aliphatic rings. The minimum atomic E-state index is -3.68. The molecule has 1 aliphatic heterocycles. The minimum absolute atomic E-state index is 0.0878. The molecule has 0 aromatic heterocycles. The van der Waals surface area contributed by atoms with Crippen molar-refractivity contribution in [2.24, 2.45) is 5.14 Å². The van der Waals surface area contributed by atoms with Gasteiger partial charge in [-0.3, -0.25) is 4.79 Å². The maximum atomic E-state index is 12.5. The topological polar surface area (TPSA) is 83.7 Å². The fourth-order valence-electron chi connectivity index (χ4n) is 3.29. The van der Waals surface area contributed by atoms with Crippen molar-refractivity contribution in [2.45, 2.75) is 24.7 Å². The third-order valence-corrected chi connectivity index (χ3v) is 5.81. The number of piperazine rings is 1. The van der Waals surface area contributed by atoms with Gasteiger partial charge in [-0.05, 0) is 48.7 Å². The van der Waals surface area contributed by atoms with Crippen molar-refractivity contribution in [3.05, 3.63) is 59.7 Å². The molecule has 144 valence electrons. The van der Waals surface area contributed by atoms with Gasteiger partial charge in [-0.15, -0.1) is 0 Å². The molecule has 6 nitrogen and oxygen atoms in total. The van der Waals surface area contributed by atoms with Gasteiger partial charge in [-0.25, -0.2) is 13.6 Å². The van der Waals surface area contributed by atoms with Gasteiger partial charge in [-0.1, -0.05) is 24.3 Å². The smallest absolute Gasteiger partial charge is 0.238 e. The molecule has 3 rings (SSSR count).